The molecule has 0 amide bonds. The highest BCUT2D eigenvalue weighted by molar-refractivity contribution is 6.09. The van der Waals surface area contributed by atoms with Crippen molar-refractivity contribution in [3.05, 3.63) is 23.9 Å². The average molecular weight is 190 g/mol. The van der Waals surface area contributed by atoms with E-state index < -0.39 is 0 Å². The molecule has 0 aromatic rings. The highest BCUT2D eigenvalue weighted by atomic mass is 14.8. The van der Waals surface area contributed by atoms with E-state index in [1.54, 1.807) is 0 Å². The summed E-state index contributed by atoms with van der Waals surface area (Å²) in [6.07, 6.45) is 10.4. The summed E-state index contributed by atoms with van der Waals surface area (Å²) in [5.41, 5.74) is 1.99. The molecule has 0 aromatic heterocycles. The number of nitrogens with zero attached hydrogens (tertiary/aromatic N) is 2. The summed E-state index contributed by atoms with van der Waals surface area (Å²) in [6, 6.07) is 0. The molecule has 1 rings (SSSR count). The zero-order valence-electron chi connectivity index (χ0n) is 9.20. The molecular weight excluding hydrogens is 172 g/mol. The predicted octanol–water partition coefficient (Wildman–Crippen LogP) is 3.02. The van der Waals surface area contributed by atoms with Crippen molar-refractivity contribution < 1.29 is 0 Å². The van der Waals surface area contributed by atoms with Gasteiger partial charge in [-0.25, -0.2) is 0 Å². The van der Waals surface area contributed by atoms with Gasteiger partial charge in [0.25, 0.3) is 0 Å². The second kappa shape index (κ2) is 5.53. The second-order valence-electron chi connectivity index (χ2n) is 3.50. The first kappa shape index (κ1) is 10.9. The van der Waals surface area contributed by atoms with Gasteiger partial charge in [0, 0.05) is 13.3 Å². The molecule has 0 fully saturated rings. The lowest BCUT2D eigenvalue weighted by atomic mass is 10.0. The maximum Gasteiger partial charge on any atom is 0.0837 e. The molecule has 0 radical (unpaired) electrons. The minimum absolute atomic E-state index is 0.562. The van der Waals surface area contributed by atoms with Gasteiger partial charge in [-0.2, -0.15) is 0 Å². The summed E-state index contributed by atoms with van der Waals surface area (Å²) in [4.78, 5) is 8.61. The quantitative estimate of drug-likeness (QED) is 0.611. The van der Waals surface area contributed by atoms with Crippen molar-refractivity contribution >= 4 is 11.9 Å². The summed E-state index contributed by atoms with van der Waals surface area (Å²) < 4.78 is 0. The highest BCUT2D eigenvalue weighted by Crippen LogP contribution is 2.13. The molecule has 0 saturated heterocycles. The first-order valence-electron chi connectivity index (χ1n) is 5.16. The van der Waals surface area contributed by atoms with E-state index in [1.807, 2.05) is 19.3 Å². The molecule has 1 unspecified atom stereocenters. The molecule has 0 saturated carbocycles. The van der Waals surface area contributed by atoms with Gasteiger partial charge in [-0.15, -0.1) is 0 Å². The van der Waals surface area contributed by atoms with Crippen LogP contribution in [0.5, 0.6) is 0 Å². The van der Waals surface area contributed by atoms with Crippen LogP contribution in [0.1, 0.15) is 26.7 Å². The monoisotopic (exact) mass is 190 g/mol. The molecule has 0 N–H and O–H groups in total. The van der Waals surface area contributed by atoms with Crippen molar-refractivity contribution in [3.8, 4) is 0 Å². The third kappa shape index (κ3) is 2.95. The molecule has 2 nitrogen and oxygen atoms in total. The van der Waals surface area contributed by atoms with E-state index in [9.17, 15) is 0 Å². The standard InChI is InChI=1S/C12H18N2/c1-4-5-6-11(13-3)12-8-7-10(2)9-14-12/h5-6,8-10H,4,7H2,1-3H3/b6-5-,13-11?. The lowest BCUT2D eigenvalue weighted by Gasteiger charge is -2.10. The van der Waals surface area contributed by atoms with Crippen LogP contribution >= 0.6 is 0 Å². The molecule has 1 aliphatic rings. The molecule has 14 heavy (non-hydrogen) atoms. The van der Waals surface area contributed by atoms with Gasteiger partial charge in [-0.05, 0) is 24.8 Å². The van der Waals surface area contributed by atoms with Crippen molar-refractivity contribution in [2.24, 2.45) is 15.9 Å². The van der Waals surface area contributed by atoms with Crippen LogP contribution < -0.4 is 0 Å². The van der Waals surface area contributed by atoms with E-state index in [0.717, 1.165) is 24.3 Å². The van der Waals surface area contributed by atoms with Crippen LogP contribution in [0.15, 0.2) is 33.9 Å². The number of allylic oxidation sites excluding steroid dienone is 3. The van der Waals surface area contributed by atoms with Gasteiger partial charge >= 0.3 is 0 Å². The van der Waals surface area contributed by atoms with E-state index >= 15 is 0 Å². The third-order valence-electron chi connectivity index (χ3n) is 2.17. The van der Waals surface area contributed by atoms with Crippen molar-refractivity contribution in [3.63, 3.8) is 0 Å². The SMILES string of the molecule is CC/C=C\C(=NC)C1=CCC(C)C=N1. The summed E-state index contributed by atoms with van der Waals surface area (Å²) in [7, 11) is 1.81. The average Bonchev–Trinajstić information content (AvgIpc) is 2.21. The fourth-order valence-corrected chi connectivity index (χ4v) is 1.29. The van der Waals surface area contributed by atoms with Crippen LogP contribution in [0.2, 0.25) is 0 Å². The largest absolute Gasteiger partial charge is 0.286 e. The Balaban J connectivity index is 2.73. The molecule has 0 spiro atoms. The zero-order chi connectivity index (χ0) is 10.4. The Bertz CT molecular complexity index is 293. The lowest BCUT2D eigenvalue weighted by Crippen LogP contribution is -2.06. The van der Waals surface area contributed by atoms with Gasteiger partial charge in [-0.1, -0.05) is 26.0 Å². The highest BCUT2D eigenvalue weighted by Gasteiger charge is 2.07. The topological polar surface area (TPSA) is 24.7 Å². The predicted molar refractivity (Wildman–Crippen MR) is 63.1 cm³/mol. The molecule has 0 bridgehead atoms. The van der Waals surface area contributed by atoms with Gasteiger partial charge in [0.05, 0.1) is 11.4 Å². The van der Waals surface area contributed by atoms with Crippen molar-refractivity contribution in [2.45, 2.75) is 26.7 Å². The zero-order valence-corrected chi connectivity index (χ0v) is 9.20. The number of hydrogen-bond donors (Lipinski definition) is 0. The molecule has 2 heteroatoms. The Hall–Kier alpha value is -1.18. The van der Waals surface area contributed by atoms with E-state index in [4.69, 9.17) is 0 Å². The number of rotatable bonds is 3. The van der Waals surface area contributed by atoms with Crippen molar-refractivity contribution in [2.75, 3.05) is 7.05 Å². The summed E-state index contributed by atoms with van der Waals surface area (Å²) in [6.45, 7) is 4.28. The maximum atomic E-state index is 4.39. The van der Waals surface area contributed by atoms with E-state index in [2.05, 4.69) is 36.0 Å². The van der Waals surface area contributed by atoms with Gasteiger partial charge in [0.1, 0.15) is 0 Å². The lowest BCUT2D eigenvalue weighted by molar-refractivity contribution is 0.791. The van der Waals surface area contributed by atoms with Crippen molar-refractivity contribution in [1.29, 1.82) is 0 Å². The fourth-order valence-electron chi connectivity index (χ4n) is 1.29. The van der Waals surface area contributed by atoms with Crippen molar-refractivity contribution in [1.82, 2.24) is 0 Å². The molecule has 1 aliphatic heterocycles. The van der Waals surface area contributed by atoms with Gasteiger partial charge in [0.2, 0.25) is 0 Å². The Labute approximate surface area is 86.2 Å². The first-order valence-corrected chi connectivity index (χ1v) is 5.16. The summed E-state index contributed by atoms with van der Waals surface area (Å²) >= 11 is 0. The number of aliphatic imine (C=N–C) groups is 2. The van der Waals surface area contributed by atoms with Gasteiger partial charge < -0.3 is 0 Å². The molecule has 0 aliphatic carbocycles. The minimum atomic E-state index is 0.562. The van der Waals surface area contributed by atoms with E-state index in [0.29, 0.717) is 5.92 Å². The molecule has 0 aromatic carbocycles. The van der Waals surface area contributed by atoms with Crippen LogP contribution in [-0.2, 0) is 0 Å². The summed E-state index contributed by atoms with van der Waals surface area (Å²) in [5, 5.41) is 0. The van der Waals surface area contributed by atoms with Gasteiger partial charge in [-0.3, -0.25) is 9.98 Å². The molecule has 1 atom stereocenters. The van der Waals surface area contributed by atoms with Gasteiger partial charge in [0.15, 0.2) is 0 Å². The van der Waals surface area contributed by atoms with E-state index in [-0.39, 0.29) is 0 Å². The van der Waals surface area contributed by atoms with Crippen LogP contribution in [0.4, 0.5) is 0 Å². The number of hydrogen-bond acceptors (Lipinski definition) is 2. The minimum Gasteiger partial charge on any atom is -0.286 e. The Morgan fingerprint density at radius 3 is 3.00 bits per heavy atom. The second-order valence-corrected chi connectivity index (χ2v) is 3.50. The maximum absolute atomic E-state index is 4.39. The summed E-state index contributed by atoms with van der Waals surface area (Å²) in [5.74, 6) is 0.562. The van der Waals surface area contributed by atoms with Crippen LogP contribution in [0.25, 0.3) is 0 Å². The molecule has 1 heterocycles. The first-order chi connectivity index (χ1) is 6.77. The van der Waals surface area contributed by atoms with E-state index in [1.165, 1.54) is 0 Å². The smallest absolute Gasteiger partial charge is 0.0837 e. The Morgan fingerprint density at radius 2 is 2.50 bits per heavy atom. The molecule has 76 valence electrons. The molecular formula is C12H18N2. The van der Waals surface area contributed by atoms with Crippen LogP contribution in [-0.4, -0.2) is 19.0 Å². The normalized spacial score (nSPS) is 22.9. The third-order valence-corrected chi connectivity index (χ3v) is 2.17. The Kier molecular flexibility index (Phi) is 4.30. The van der Waals surface area contributed by atoms with Crippen LogP contribution in [0.3, 0.4) is 0 Å². The van der Waals surface area contributed by atoms with Crippen LogP contribution in [0, 0.1) is 5.92 Å². The fraction of sp³-hybridized carbons (Fsp3) is 0.500. The Morgan fingerprint density at radius 1 is 1.71 bits per heavy atom.